The van der Waals surface area contributed by atoms with Crippen molar-refractivity contribution in [3.8, 4) is 0 Å². The molecule has 0 fully saturated rings. The van der Waals surface area contributed by atoms with E-state index >= 15 is 0 Å². The lowest BCUT2D eigenvalue weighted by molar-refractivity contribution is -0.124. The molecule has 1 heterocycles. The van der Waals surface area contributed by atoms with Gasteiger partial charge in [-0.2, -0.15) is 0 Å². The van der Waals surface area contributed by atoms with Crippen molar-refractivity contribution in [2.45, 2.75) is 31.8 Å². The molecule has 2 amide bonds. The number of nitrogens with zero attached hydrogens (tertiary/aromatic N) is 1. The van der Waals surface area contributed by atoms with Crippen LogP contribution in [0.4, 0.5) is 0 Å². The van der Waals surface area contributed by atoms with Crippen LogP contribution in [0.3, 0.4) is 0 Å². The van der Waals surface area contributed by atoms with Gasteiger partial charge in [0.05, 0.1) is 0 Å². The summed E-state index contributed by atoms with van der Waals surface area (Å²) in [6.07, 6.45) is 8.00. The maximum absolute atomic E-state index is 11.5. The number of nitrogens with one attached hydrogen (secondary N) is 2. The molecule has 0 radical (unpaired) electrons. The molecule has 7 heteroatoms. The number of H-pyrrole nitrogens is 1. The van der Waals surface area contributed by atoms with Gasteiger partial charge in [0.2, 0.25) is 5.91 Å². The zero-order valence-electron chi connectivity index (χ0n) is 20.5. The van der Waals surface area contributed by atoms with Crippen LogP contribution < -0.4 is 11.2 Å². The van der Waals surface area contributed by atoms with E-state index in [2.05, 4.69) is 46.4 Å². The predicted octanol–water partition coefficient (Wildman–Crippen LogP) is 4.52. The van der Waals surface area contributed by atoms with Gasteiger partial charge in [-0.1, -0.05) is 48.5 Å². The molecular formula is C30H30N4O3. The highest BCUT2D eigenvalue weighted by Crippen LogP contribution is 2.37. The zero-order valence-corrected chi connectivity index (χ0v) is 20.5. The number of hydrogen-bond donors (Lipinski definition) is 4. The highest BCUT2D eigenvalue weighted by atomic mass is 16.5. The van der Waals surface area contributed by atoms with Crippen molar-refractivity contribution in [1.29, 1.82) is 0 Å². The van der Waals surface area contributed by atoms with Crippen LogP contribution in [0.15, 0.2) is 79.0 Å². The molecule has 7 nitrogen and oxygen atoms in total. The summed E-state index contributed by atoms with van der Waals surface area (Å²) in [6.45, 7) is 1.63. The number of hydrogen-bond acceptors (Lipinski definition) is 4. The molecule has 1 aliphatic rings. The molecular weight excluding hydrogens is 464 g/mol. The lowest BCUT2D eigenvalue weighted by Gasteiger charge is -2.30. The van der Waals surface area contributed by atoms with E-state index in [1.54, 1.807) is 23.7 Å². The van der Waals surface area contributed by atoms with E-state index in [0.717, 1.165) is 49.0 Å². The summed E-state index contributed by atoms with van der Waals surface area (Å²) in [4.78, 5) is 28.8. The normalized spacial score (nSPS) is 14.9. The standard InChI is InChI=1S/C30H30N4O3/c31-30(36)22-9-5-21(6-10-22)19-34(16-15-24-18-32-27-4-2-1-3-25(24)27)28-13-11-23-17-20(7-12-26(23)28)8-14-29(35)33-37/h1-10,12,14,17-18,28,32,37H,11,13,15-16,19H2,(H2,31,36)(H,33,35)/b14-8+. The molecule has 0 spiro atoms. The molecule has 3 aromatic carbocycles. The van der Waals surface area contributed by atoms with Crippen LogP contribution in [0.2, 0.25) is 0 Å². The number of aromatic amines is 1. The summed E-state index contributed by atoms with van der Waals surface area (Å²) in [5.41, 5.74) is 14.6. The number of para-hydroxylation sites is 1. The van der Waals surface area contributed by atoms with Gasteiger partial charge in [0.15, 0.2) is 0 Å². The highest BCUT2D eigenvalue weighted by Gasteiger charge is 2.28. The molecule has 5 N–H and O–H groups in total. The van der Waals surface area contributed by atoms with Crippen molar-refractivity contribution in [1.82, 2.24) is 15.4 Å². The van der Waals surface area contributed by atoms with Crippen LogP contribution >= 0.6 is 0 Å². The number of carbonyl (C=O) groups excluding carboxylic acids is 2. The molecule has 188 valence electrons. The summed E-state index contributed by atoms with van der Waals surface area (Å²) in [7, 11) is 0. The second-order valence-electron chi connectivity index (χ2n) is 9.46. The number of fused-ring (bicyclic) bond motifs is 2. The van der Waals surface area contributed by atoms with Crippen LogP contribution in [-0.4, -0.2) is 33.5 Å². The molecule has 0 bridgehead atoms. The Hall–Kier alpha value is -4.20. The van der Waals surface area contributed by atoms with Crippen molar-refractivity contribution in [3.05, 3.63) is 112 Å². The molecule has 1 aromatic heterocycles. The minimum Gasteiger partial charge on any atom is -0.366 e. The first-order valence-corrected chi connectivity index (χ1v) is 12.4. The van der Waals surface area contributed by atoms with E-state index in [-0.39, 0.29) is 6.04 Å². The molecule has 5 rings (SSSR count). The first kappa shape index (κ1) is 24.5. The monoisotopic (exact) mass is 494 g/mol. The number of amides is 2. The number of benzene rings is 3. The average Bonchev–Trinajstić information content (AvgIpc) is 3.54. The average molecular weight is 495 g/mol. The fraction of sp³-hybridized carbons (Fsp3) is 0.200. The third-order valence-corrected chi connectivity index (χ3v) is 7.16. The van der Waals surface area contributed by atoms with E-state index in [4.69, 9.17) is 10.9 Å². The van der Waals surface area contributed by atoms with Crippen LogP contribution in [-0.2, 0) is 24.2 Å². The second kappa shape index (κ2) is 10.8. The largest absolute Gasteiger partial charge is 0.366 e. The van der Waals surface area contributed by atoms with Crippen molar-refractivity contribution in [2.75, 3.05) is 6.54 Å². The van der Waals surface area contributed by atoms with E-state index in [9.17, 15) is 9.59 Å². The van der Waals surface area contributed by atoms with Crippen LogP contribution in [0, 0.1) is 0 Å². The SMILES string of the molecule is NC(=O)c1ccc(CN(CCc2c[nH]c3ccccc23)C2CCc3cc(/C=C/C(=O)NO)ccc32)cc1. The Bertz CT molecular complexity index is 1460. The van der Waals surface area contributed by atoms with Gasteiger partial charge in [-0.3, -0.25) is 19.7 Å². The summed E-state index contributed by atoms with van der Waals surface area (Å²) in [5, 5.41) is 9.98. The predicted molar refractivity (Wildman–Crippen MR) is 144 cm³/mol. The summed E-state index contributed by atoms with van der Waals surface area (Å²) in [5.74, 6) is -0.974. The van der Waals surface area contributed by atoms with Gasteiger partial charge in [-0.15, -0.1) is 0 Å². The number of rotatable bonds is 9. The number of hydroxylamine groups is 1. The lowest BCUT2D eigenvalue weighted by atomic mass is 10.0. The molecule has 37 heavy (non-hydrogen) atoms. The molecule has 0 saturated carbocycles. The van der Waals surface area contributed by atoms with E-state index in [1.807, 2.05) is 24.3 Å². The maximum Gasteiger partial charge on any atom is 0.267 e. The topological polar surface area (TPSA) is 111 Å². The molecule has 0 aliphatic heterocycles. The Morgan fingerprint density at radius 2 is 1.92 bits per heavy atom. The Morgan fingerprint density at radius 1 is 1.11 bits per heavy atom. The molecule has 0 saturated heterocycles. The molecule has 1 aliphatic carbocycles. The maximum atomic E-state index is 11.5. The van der Waals surface area contributed by atoms with Gasteiger partial charge in [-0.05, 0) is 71.4 Å². The summed E-state index contributed by atoms with van der Waals surface area (Å²) < 4.78 is 0. The fourth-order valence-corrected chi connectivity index (χ4v) is 5.26. The lowest BCUT2D eigenvalue weighted by Crippen LogP contribution is -2.29. The van der Waals surface area contributed by atoms with Gasteiger partial charge >= 0.3 is 0 Å². The number of aromatic nitrogens is 1. The van der Waals surface area contributed by atoms with Gasteiger partial charge in [0.1, 0.15) is 0 Å². The third-order valence-electron chi connectivity index (χ3n) is 7.16. The summed E-state index contributed by atoms with van der Waals surface area (Å²) >= 11 is 0. The van der Waals surface area contributed by atoms with Crippen LogP contribution in [0.1, 0.15) is 50.6 Å². The minimum atomic E-state index is -0.552. The highest BCUT2D eigenvalue weighted by molar-refractivity contribution is 5.92. The van der Waals surface area contributed by atoms with E-state index in [0.29, 0.717) is 5.56 Å². The second-order valence-corrected chi connectivity index (χ2v) is 9.46. The molecule has 4 aromatic rings. The Labute approximate surface area is 215 Å². The van der Waals surface area contributed by atoms with E-state index < -0.39 is 11.8 Å². The zero-order chi connectivity index (χ0) is 25.8. The number of carbonyl (C=O) groups is 2. The Balaban J connectivity index is 1.40. The minimum absolute atomic E-state index is 0.259. The first-order valence-electron chi connectivity index (χ1n) is 12.4. The van der Waals surface area contributed by atoms with Gasteiger partial charge in [0, 0.05) is 47.9 Å². The molecule has 1 atom stereocenters. The van der Waals surface area contributed by atoms with Crippen molar-refractivity contribution in [2.24, 2.45) is 5.73 Å². The number of nitrogens with two attached hydrogens (primary N) is 1. The van der Waals surface area contributed by atoms with Gasteiger partial charge in [0.25, 0.3) is 5.91 Å². The quantitative estimate of drug-likeness (QED) is 0.156. The first-order chi connectivity index (χ1) is 18.0. The van der Waals surface area contributed by atoms with Crippen molar-refractivity contribution in [3.63, 3.8) is 0 Å². The van der Waals surface area contributed by atoms with Crippen LogP contribution in [0.5, 0.6) is 0 Å². The van der Waals surface area contributed by atoms with Crippen LogP contribution in [0.25, 0.3) is 17.0 Å². The van der Waals surface area contributed by atoms with Crippen molar-refractivity contribution < 1.29 is 14.8 Å². The Kier molecular flexibility index (Phi) is 7.16. The van der Waals surface area contributed by atoms with Gasteiger partial charge in [-0.25, -0.2) is 5.48 Å². The number of primary amides is 1. The smallest absolute Gasteiger partial charge is 0.267 e. The third kappa shape index (κ3) is 5.48. The number of aryl methyl sites for hydroxylation is 1. The van der Waals surface area contributed by atoms with Crippen molar-refractivity contribution >= 4 is 28.8 Å². The fourth-order valence-electron chi connectivity index (χ4n) is 5.26. The Morgan fingerprint density at radius 3 is 2.70 bits per heavy atom. The molecule has 1 unspecified atom stereocenters. The summed E-state index contributed by atoms with van der Waals surface area (Å²) in [6, 6.07) is 22.5. The van der Waals surface area contributed by atoms with Gasteiger partial charge < -0.3 is 10.7 Å². The van der Waals surface area contributed by atoms with E-state index in [1.165, 1.54) is 28.2 Å².